The summed E-state index contributed by atoms with van der Waals surface area (Å²) in [6.45, 7) is 5.64. The van der Waals surface area contributed by atoms with Crippen molar-refractivity contribution in [1.29, 1.82) is 0 Å². The Hall–Kier alpha value is -0.390. The fraction of sp³-hybridized carbons (Fsp3) is 0.615. The van der Waals surface area contributed by atoms with Crippen LogP contribution in [0.25, 0.3) is 0 Å². The minimum atomic E-state index is -0.128. The van der Waals surface area contributed by atoms with Gasteiger partial charge in [-0.15, -0.1) is 11.3 Å². The zero-order chi connectivity index (χ0) is 13.5. The van der Waals surface area contributed by atoms with Gasteiger partial charge >= 0.3 is 5.97 Å². The predicted molar refractivity (Wildman–Crippen MR) is 78.9 cm³/mol. The molecular weight excluding hydrogens is 314 g/mol. The van der Waals surface area contributed by atoms with Gasteiger partial charge in [0.15, 0.2) is 0 Å². The molecule has 0 amide bonds. The van der Waals surface area contributed by atoms with Gasteiger partial charge < -0.3 is 10.1 Å². The first kappa shape index (κ1) is 15.7. The van der Waals surface area contributed by atoms with Crippen molar-refractivity contribution < 1.29 is 9.53 Å². The van der Waals surface area contributed by atoms with E-state index >= 15 is 0 Å². The van der Waals surface area contributed by atoms with Gasteiger partial charge in [0.2, 0.25) is 0 Å². The highest BCUT2D eigenvalue weighted by atomic mass is 79.9. The van der Waals surface area contributed by atoms with E-state index in [1.54, 1.807) is 11.3 Å². The third kappa shape index (κ3) is 5.08. The van der Waals surface area contributed by atoms with Crippen molar-refractivity contribution in [2.24, 2.45) is 11.8 Å². The monoisotopic (exact) mass is 333 g/mol. The largest absolute Gasteiger partial charge is 0.469 e. The van der Waals surface area contributed by atoms with E-state index in [4.69, 9.17) is 4.74 Å². The number of ether oxygens (including phenoxy) is 1. The van der Waals surface area contributed by atoms with Gasteiger partial charge in [-0.05, 0) is 40.9 Å². The standard InChI is InChI=1S/C13H20BrNO2S/c1-9(2)12(13(16)17-3)7-15-5-4-11-6-10(14)8-18-11/h6,8-9,12,15H,4-5,7H2,1-3H3. The van der Waals surface area contributed by atoms with Gasteiger partial charge in [-0.3, -0.25) is 4.79 Å². The number of methoxy groups -OCH3 is 1. The van der Waals surface area contributed by atoms with Crippen LogP contribution < -0.4 is 5.32 Å². The van der Waals surface area contributed by atoms with Crippen LogP contribution in [-0.4, -0.2) is 26.2 Å². The predicted octanol–water partition coefficient (Wildman–Crippen LogP) is 3.09. The highest BCUT2D eigenvalue weighted by Crippen LogP contribution is 2.19. The molecule has 0 radical (unpaired) electrons. The summed E-state index contributed by atoms with van der Waals surface area (Å²) >= 11 is 5.19. The minimum Gasteiger partial charge on any atom is -0.469 e. The summed E-state index contributed by atoms with van der Waals surface area (Å²) in [6, 6.07) is 2.13. The lowest BCUT2D eigenvalue weighted by atomic mass is 9.96. The number of carbonyl (C=O) groups is 1. The minimum absolute atomic E-state index is 0.0647. The Bertz CT molecular complexity index is 379. The second-order valence-corrected chi connectivity index (χ2v) is 6.47. The first-order chi connectivity index (χ1) is 8.54. The maximum atomic E-state index is 11.6. The van der Waals surface area contributed by atoms with Crippen LogP contribution in [0, 0.1) is 11.8 Å². The zero-order valence-corrected chi connectivity index (χ0v) is 13.4. The highest BCUT2D eigenvalue weighted by Gasteiger charge is 2.22. The Morgan fingerprint density at radius 1 is 1.56 bits per heavy atom. The molecular formula is C13H20BrNO2S. The molecule has 1 atom stereocenters. The number of hydrogen-bond acceptors (Lipinski definition) is 4. The summed E-state index contributed by atoms with van der Waals surface area (Å²) in [5.74, 6) is 0.0993. The average Bonchev–Trinajstić information content (AvgIpc) is 2.73. The molecule has 18 heavy (non-hydrogen) atoms. The van der Waals surface area contributed by atoms with Crippen LogP contribution in [0.2, 0.25) is 0 Å². The molecule has 1 aromatic rings. The number of halogens is 1. The summed E-state index contributed by atoms with van der Waals surface area (Å²) in [7, 11) is 1.45. The number of esters is 1. The maximum Gasteiger partial charge on any atom is 0.310 e. The zero-order valence-electron chi connectivity index (χ0n) is 11.0. The van der Waals surface area contributed by atoms with E-state index in [0.717, 1.165) is 17.4 Å². The van der Waals surface area contributed by atoms with Gasteiger partial charge in [-0.2, -0.15) is 0 Å². The molecule has 0 aromatic carbocycles. The van der Waals surface area contributed by atoms with Crippen LogP contribution in [0.1, 0.15) is 18.7 Å². The van der Waals surface area contributed by atoms with E-state index < -0.39 is 0 Å². The van der Waals surface area contributed by atoms with E-state index in [1.165, 1.54) is 12.0 Å². The summed E-state index contributed by atoms with van der Waals surface area (Å²) < 4.78 is 5.95. The summed E-state index contributed by atoms with van der Waals surface area (Å²) in [5, 5.41) is 5.41. The summed E-state index contributed by atoms with van der Waals surface area (Å²) in [4.78, 5) is 12.9. The van der Waals surface area contributed by atoms with Crippen molar-refractivity contribution in [3.8, 4) is 0 Å². The molecule has 0 aliphatic heterocycles. The molecule has 0 bridgehead atoms. The highest BCUT2D eigenvalue weighted by molar-refractivity contribution is 9.10. The summed E-state index contributed by atoms with van der Waals surface area (Å²) in [6.07, 6.45) is 0.988. The molecule has 3 nitrogen and oxygen atoms in total. The second kappa shape index (κ2) is 7.92. The third-order valence-electron chi connectivity index (χ3n) is 2.84. The lowest BCUT2D eigenvalue weighted by Crippen LogP contribution is -2.33. The van der Waals surface area contributed by atoms with Gasteiger partial charge in [0, 0.05) is 21.3 Å². The molecule has 1 N–H and O–H groups in total. The molecule has 1 aromatic heterocycles. The van der Waals surface area contributed by atoms with Gasteiger partial charge in [0.1, 0.15) is 0 Å². The van der Waals surface area contributed by atoms with Crippen molar-refractivity contribution >= 4 is 33.2 Å². The molecule has 0 saturated heterocycles. The van der Waals surface area contributed by atoms with Crippen molar-refractivity contribution in [2.75, 3.05) is 20.2 Å². The van der Waals surface area contributed by atoms with Crippen molar-refractivity contribution in [1.82, 2.24) is 5.32 Å². The Balaban J connectivity index is 2.29. The molecule has 0 fully saturated rings. The average molecular weight is 334 g/mol. The Labute approximate surface area is 121 Å². The van der Waals surface area contributed by atoms with E-state index in [0.29, 0.717) is 12.5 Å². The molecule has 1 rings (SSSR count). The van der Waals surface area contributed by atoms with E-state index in [2.05, 4.69) is 32.7 Å². The number of rotatable bonds is 7. The first-order valence-corrected chi connectivity index (χ1v) is 7.73. The van der Waals surface area contributed by atoms with Gasteiger partial charge in [0.25, 0.3) is 0 Å². The lowest BCUT2D eigenvalue weighted by molar-refractivity contribution is -0.146. The van der Waals surface area contributed by atoms with Gasteiger partial charge in [-0.1, -0.05) is 13.8 Å². The van der Waals surface area contributed by atoms with Crippen LogP contribution in [0.5, 0.6) is 0 Å². The first-order valence-electron chi connectivity index (χ1n) is 6.06. The Morgan fingerprint density at radius 3 is 2.78 bits per heavy atom. The molecule has 0 saturated carbocycles. The SMILES string of the molecule is COC(=O)C(CNCCc1cc(Br)cs1)C(C)C. The third-order valence-corrected chi connectivity index (χ3v) is 4.60. The van der Waals surface area contributed by atoms with Crippen LogP contribution >= 0.6 is 27.3 Å². The van der Waals surface area contributed by atoms with Crippen LogP contribution in [0.3, 0.4) is 0 Å². The van der Waals surface area contributed by atoms with Crippen LogP contribution in [0.15, 0.2) is 15.9 Å². The van der Waals surface area contributed by atoms with Crippen LogP contribution in [-0.2, 0) is 16.0 Å². The molecule has 0 aliphatic carbocycles. The topological polar surface area (TPSA) is 38.3 Å². The Kier molecular flexibility index (Phi) is 6.89. The number of nitrogens with one attached hydrogen (secondary N) is 1. The van der Waals surface area contributed by atoms with E-state index in [1.807, 2.05) is 13.8 Å². The number of hydrogen-bond donors (Lipinski definition) is 1. The molecule has 102 valence electrons. The van der Waals surface area contributed by atoms with Crippen LogP contribution in [0.4, 0.5) is 0 Å². The maximum absolute atomic E-state index is 11.6. The molecule has 5 heteroatoms. The van der Waals surface area contributed by atoms with E-state index in [9.17, 15) is 4.79 Å². The van der Waals surface area contributed by atoms with Crippen molar-refractivity contribution in [2.45, 2.75) is 20.3 Å². The molecule has 1 unspecified atom stereocenters. The lowest BCUT2D eigenvalue weighted by Gasteiger charge is -2.18. The quantitative estimate of drug-likeness (QED) is 0.615. The molecule has 1 heterocycles. The second-order valence-electron chi connectivity index (χ2n) is 4.56. The molecule has 0 aliphatic rings. The fourth-order valence-electron chi connectivity index (χ4n) is 1.70. The number of thiophene rings is 1. The smallest absolute Gasteiger partial charge is 0.310 e. The van der Waals surface area contributed by atoms with Crippen molar-refractivity contribution in [3.05, 3.63) is 20.8 Å². The van der Waals surface area contributed by atoms with E-state index in [-0.39, 0.29) is 11.9 Å². The Morgan fingerprint density at radius 2 is 2.28 bits per heavy atom. The van der Waals surface area contributed by atoms with Gasteiger partial charge in [0.05, 0.1) is 13.0 Å². The summed E-state index contributed by atoms with van der Waals surface area (Å²) in [5.41, 5.74) is 0. The van der Waals surface area contributed by atoms with Gasteiger partial charge in [-0.25, -0.2) is 0 Å². The fourth-order valence-corrected chi connectivity index (χ4v) is 3.15. The normalized spacial score (nSPS) is 12.7. The number of carbonyl (C=O) groups excluding carboxylic acids is 1. The van der Waals surface area contributed by atoms with Crippen molar-refractivity contribution in [3.63, 3.8) is 0 Å². The molecule has 0 spiro atoms.